The first-order valence-corrected chi connectivity index (χ1v) is 3.96. The molecule has 2 aromatic heterocycles. The number of alkyl halides is 3. The van der Waals surface area contributed by atoms with Crippen molar-refractivity contribution in [2.24, 2.45) is 0 Å². The Morgan fingerprint density at radius 2 is 2.07 bits per heavy atom. The molecule has 0 amide bonds. The van der Waals surface area contributed by atoms with Crippen molar-refractivity contribution in [1.29, 1.82) is 0 Å². The monoisotopic (exact) mass is 215 g/mol. The van der Waals surface area contributed by atoms with Gasteiger partial charge in [0.1, 0.15) is 16.7 Å². The second-order valence-corrected chi connectivity index (χ2v) is 2.84. The summed E-state index contributed by atoms with van der Waals surface area (Å²) in [6.45, 7) is 3.34. The van der Waals surface area contributed by atoms with E-state index in [1.165, 1.54) is 0 Å². The lowest BCUT2D eigenvalue weighted by molar-refractivity contribution is -0.345. The summed E-state index contributed by atoms with van der Waals surface area (Å²) in [7, 11) is 0. The molecular formula is C8H6F3N4+. The Hall–Kier alpha value is -1.92. The average molecular weight is 215 g/mol. The van der Waals surface area contributed by atoms with E-state index >= 15 is 0 Å². The third-order valence-electron chi connectivity index (χ3n) is 1.90. The van der Waals surface area contributed by atoms with E-state index in [4.69, 9.17) is 0 Å². The van der Waals surface area contributed by atoms with Crippen LogP contribution in [0, 0.1) is 0 Å². The zero-order chi connectivity index (χ0) is 11.1. The number of H-pyrrole nitrogens is 1. The van der Waals surface area contributed by atoms with Crippen LogP contribution in [-0.2, 0) is 6.18 Å². The number of nitrogens with one attached hydrogen (secondary N) is 2. The lowest BCUT2D eigenvalue weighted by atomic mass is 10.3. The lowest BCUT2D eigenvalue weighted by Gasteiger charge is -2.00. The van der Waals surface area contributed by atoms with E-state index in [-0.39, 0.29) is 16.9 Å². The van der Waals surface area contributed by atoms with Crippen molar-refractivity contribution >= 4 is 23.6 Å². The molecule has 0 unspecified atom stereocenters. The van der Waals surface area contributed by atoms with Crippen LogP contribution < -0.4 is 4.99 Å². The molecule has 0 saturated carbocycles. The number of nitrogens with zero attached hydrogens (tertiary/aromatic N) is 2. The summed E-state index contributed by atoms with van der Waals surface area (Å²) in [6, 6.07) is 0.947. The molecule has 15 heavy (non-hydrogen) atoms. The van der Waals surface area contributed by atoms with E-state index < -0.39 is 11.9 Å². The molecule has 2 heterocycles. The maximum absolute atomic E-state index is 12.3. The van der Waals surface area contributed by atoms with Gasteiger partial charge in [-0.15, -0.1) is 0 Å². The average Bonchev–Trinajstić information content (AvgIpc) is 2.59. The van der Waals surface area contributed by atoms with Gasteiger partial charge in [-0.1, -0.05) is 0 Å². The van der Waals surface area contributed by atoms with Crippen LogP contribution in [-0.4, -0.2) is 21.7 Å². The van der Waals surface area contributed by atoms with Gasteiger partial charge >= 0.3 is 12.0 Å². The summed E-state index contributed by atoms with van der Waals surface area (Å²) in [5, 5.41) is 0.264. The van der Waals surface area contributed by atoms with Crippen molar-refractivity contribution in [3.8, 4) is 0 Å². The van der Waals surface area contributed by atoms with Crippen LogP contribution >= 0.6 is 0 Å². The SMILES string of the molecule is C=[NH+]c1ncnc2[nH]c(C(F)(F)F)cc12. The van der Waals surface area contributed by atoms with Crippen LogP contribution in [0.15, 0.2) is 12.4 Å². The van der Waals surface area contributed by atoms with E-state index in [1.807, 2.05) is 0 Å². The minimum Gasteiger partial charge on any atom is -0.335 e. The summed E-state index contributed by atoms with van der Waals surface area (Å²) in [5.74, 6) is 0.256. The largest absolute Gasteiger partial charge is 0.431 e. The fraction of sp³-hybridized carbons (Fsp3) is 0.125. The Balaban J connectivity index is 2.70. The third-order valence-corrected chi connectivity index (χ3v) is 1.90. The fourth-order valence-corrected chi connectivity index (χ4v) is 1.23. The summed E-state index contributed by atoms with van der Waals surface area (Å²) in [6.07, 6.45) is -3.26. The summed E-state index contributed by atoms with van der Waals surface area (Å²) in [5.41, 5.74) is -0.724. The number of fused-ring (bicyclic) bond motifs is 1. The van der Waals surface area contributed by atoms with Gasteiger partial charge in [0.05, 0.1) is 6.72 Å². The van der Waals surface area contributed by atoms with Gasteiger partial charge in [-0.05, 0) is 11.1 Å². The Labute approximate surface area is 81.9 Å². The van der Waals surface area contributed by atoms with Crippen molar-refractivity contribution in [2.75, 3.05) is 0 Å². The van der Waals surface area contributed by atoms with Crippen molar-refractivity contribution in [3.05, 3.63) is 18.1 Å². The van der Waals surface area contributed by atoms with Crippen LogP contribution in [0.4, 0.5) is 19.0 Å². The van der Waals surface area contributed by atoms with E-state index in [0.29, 0.717) is 0 Å². The maximum Gasteiger partial charge on any atom is 0.431 e. The van der Waals surface area contributed by atoms with Gasteiger partial charge in [0.2, 0.25) is 6.33 Å². The smallest absolute Gasteiger partial charge is 0.335 e. The molecule has 0 saturated heterocycles. The van der Waals surface area contributed by atoms with Crippen LogP contribution in [0.3, 0.4) is 0 Å². The first kappa shape index (κ1) is 9.63. The molecule has 2 aromatic rings. The second-order valence-electron chi connectivity index (χ2n) is 2.84. The Morgan fingerprint density at radius 1 is 1.33 bits per heavy atom. The zero-order valence-corrected chi connectivity index (χ0v) is 7.39. The van der Waals surface area contributed by atoms with Gasteiger partial charge in [0.15, 0.2) is 0 Å². The molecule has 0 spiro atoms. The second kappa shape index (κ2) is 3.04. The molecule has 0 aliphatic heterocycles. The molecule has 0 fully saturated rings. The maximum atomic E-state index is 12.3. The van der Waals surface area contributed by atoms with Gasteiger partial charge in [0.25, 0.3) is 0 Å². The highest BCUT2D eigenvalue weighted by Crippen LogP contribution is 2.31. The zero-order valence-electron chi connectivity index (χ0n) is 7.39. The molecule has 0 aromatic carbocycles. The first-order chi connectivity index (χ1) is 7.02. The number of halogens is 3. The third kappa shape index (κ3) is 1.56. The number of hydrogen-bond donors (Lipinski definition) is 2. The molecule has 4 nitrogen and oxygen atoms in total. The van der Waals surface area contributed by atoms with Crippen LogP contribution in [0.25, 0.3) is 11.0 Å². The lowest BCUT2D eigenvalue weighted by Crippen LogP contribution is -2.58. The summed E-state index contributed by atoms with van der Waals surface area (Å²) in [4.78, 5) is 12.1. The highest BCUT2D eigenvalue weighted by molar-refractivity contribution is 5.84. The number of rotatable bonds is 1. The molecular weight excluding hydrogens is 209 g/mol. The number of aromatic nitrogens is 3. The summed E-state index contributed by atoms with van der Waals surface area (Å²) >= 11 is 0. The molecule has 78 valence electrons. The van der Waals surface area contributed by atoms with Gasteiger partial charge in [-0.2, -0.15) is 18.2 Å². The van der Waals surface area contributed by atoms with Gasteiger partial charge in [-0.25, -0.2) is 0 Å². The van der Waals surface area contributed by atoms with E-state index in [0.717, 1.165) is 12.4 Å². The Kier molecular flexibility index (Phi) is 1.95. The predicted molar refractivity (Wildman–Crippen MR) is 46.6 cm³/mol. The molecule has 0 radical (unpaired) electrons. The minimum atomic E-state index is -4.42. The molecule has 2 N–H and O–H groups in total. The Bertz CT molecular complexity index is 514. The number of aromatic amines is 1. The van der Waals surface area contributed by atoms with E-state index in [9.17, 15) is 13.2 Å². The van der Waals surface area contributed by atoms with Crippen LogP contribution in [0.2, 0.25) is 0 Å². The van der Waals surface area contributed by atoms with Crippen molar-refractivity contribution in [1.82, 2.24) is 15.0 Å². The van der Waals surface area contributed by atoms with Crippen molar-refractivity contribution in [2.45, 2.75) is 6.18 Å². The molecule has 2 rings (SSSR count). The molecule has 0 aliphatic carbocycles. The van der Waals surface area contributed by atoms with E-state index in [2.05, 4.69) is 26.7 Å². The molecule has 0 atom stereocenters. The van der Waals surface area contributed by atoms with Crippen LogP contribution in [0.5, 0.6) is 0 Å². The summed E-state index contributed by atoms with van der Waals surface area (Å²) < 4.78 is 37.0. The normalized spacial score (nSPS) is 11.9. The fourth-order valence-electron chi connectivity index (χ4n) is 1.23. The molecule has 0 bridgehead atoms. The highest BCUT2D eigenvalue weighted by Gasteiger charge is 2.33. The minimum absolute atomic E-state index is 0.128. The van der Waals surface area contributed by atoms with Crippen LogP contribution in [0.1, 0.15) is 5.69 Å². The Morgan fingerprint density at radius 3 is 2.67 bits per heavy atom. The molecule has 7 heteroatoms. The van der Waals surface area contributed by atoms with E-state index in [1.54, 1.807) is 0 Å². The van der Waals surface area contributed by atoms with Crippen molar-refractivity contribution in [3.63, 3.8) is 0 Å². The highest BCUT2D eigenvalue weighted by atomic mass is 19.4. The van der Waals surface area contributed by atoms with Gasteiger partial charge in [0, 0.05) is 0 Å². The predicted octanol–water partition coefficient (Wildman–Crippen LogP) is 0.389. The standard InChI is InChI=1S/C8H5F3N4/c1-12-6-4-2-5(8(9,10)11)15-7(4)14-3-13-6/h2-3H,1H2,(H,13,14,15)/p+1. The van der Waals surface area contributed by atoms with Gasteiger partial charge < -0.3 is 4.98 Å². The first-order valence-electron chi connectivity index (χ1n) is 3.96. The topological polar surface area (TPSA) is 55.5 Å². The number of hydrogen-bond acceptors (Lipinski definition) is 2. The molecule has 0 aliphatic rings. The van der Waals surface area contributed by atoms with Gasteiger partial charge in [-0.3, -0.25) is 4.99 Å². The van der Waals surface area contributed by atoms with Crippen molar-refractivity contribution < 1.29 is 18.2 Å². The quantitative estimate of drug-likeness (QED) is 0.676.